The van der Waals surface area contributed by atoms with Crippen molar-refractivity contribution in [3.8, 4) is 11.5 Å². The SMILES string of the molecule is COC(=O)N/N=C\c1cc(OC)c([O-])c([N+](=O)[O-])c1. The molecule has 9 heteroatoms. The van der Waals surface area contributed by atoms with Crippen molar-refractivity contribution in [2.75, 3.05) is 14.2 Å². The number of nitrogens with one attached hydrogen (secondary N) is 1. The molecular formula is C10H10N3O6-. The summed E-state index contributed by atoms with van der Waals surface area (Å²) in [4.78, 5) is 20.6. The molecule has 1 amide bonds. The Kier molecular flexibility index (Phi) is 4.63. The van der Waals surface area contributed by atoms with E-state index in [4.69, 9.17) is 4.74 Å². The van der Waals surface area contributed by atoms with Crippen LogP contribution < -0.4 is 15.3 Å². The number of amides is 1. The molecule has 0 radical (unpaired) electrons. The summed E-state index contributed by atoms with van der Waals surface area (Å²) in [5.41, 5.74) is 1.58. The second kappa shape index (κ2) is 6.19. The molecule has 19 heavy (non-hydrogen) atoms. The van der Waals surface area contributed by atoms with E-state index in [2.05, 4.69) is 9.84 Å². The predicted octanol–water partition coefficient (Wildman–Crippen LogP) is 0.367. The molecule has 0 heterocycles. The van der Waals surface area contributed by atoms with Crippen molar-refractivity contribution in [3.63, 3.8) is 0 Å². The second-order valence-electron chi connectivity index (χ2n) is 3.19. The maximum atomic E-state index is 11.5. The topological polar surface area (TPSA) is 126 Å². The number of hydrazone groups is 1. The molecular weight excluding hydrogens is 258 g/mol. The van der Waals surface area contributed by atoms with Crippen molar-refractivity contribution in [2.24, 2.45) is 5.10 Å². The predicted molar refractivity (Wildman–Crippen MR) is 62.2 cm³/mol. The molecule has 1 aromatic carbocycles. The molecule has 0 saturated heterocycles. The van der Waals surface area contributed by atoms with Gasteiger partial charge in [0.05, 0.1) is 25.4 Å². The zero-order valence-electron chi connectivity index (χ0n) is 10.1. The van der Waals surface area contributed by atoms with Gasteiger partial charge in [-0.2, -0.15) is 5.10 Å². The molecule has 1 aromatic rings. The summed E-state index contributed by atoms with van der Waals surface area (Å²) in [6, 6.07) is 2.28. The lowest BCUT2D eigenvalue weighted by molar-refractivity contribution is -0.398. The van der Waals surface area contributed by atoms with Crippen molar-refractivity contribution in [1.82, 2.24) is 5.43 Å². The lowest BCUT2D eigenvalue weighted by atomic mass is 10.2. The molecule has 0 spiro atoms. The van der Waals surface area contributed by atoms with Gasteiger partial charge in [0.1, 0.15) is 5.75 Å². The van der Waals surface area contributed by atoms with Gasteiger partial charge in [0.2, 0.25) is 0 Å². The van der Waals surface area contributed by atoms with E-state index < -0.39 is 22.5 Å². The Balaban J connectivity index is 3.05. The van der Waals surface area contributed by atoms with Gasteiger partial charge in [-0.25, -0.2) is 10.2 Å². The number of benzene rings is 1. The van der Waals surface area contributed by atoms with E-state index in [1.807, 2.05) is 5.43 Å². The summed E-state index contributed by atoms with van der Waals surface area (Å²) in [6.07, 6.45) is 0.324. The molecule has 1 rings (SSSR count). The third-order valence-corrected chi connectivity index (χ3v) is 2.03. The van der Waals surface area contributed by atoms with Crippen LogP contribution in [0.2, 0.25) is 0 Å². The molecule has 0 atom stereocenters. The van der Waals surface area contributed by atoms with Gasteiger partial charge in [0.15, 0.2) is 0 Å². The number of hydrogen-bond acceptors (Lipinski definition) is 7. The van der Waals surface area contributed by atoms with E-state index >= 15 is 0 Å². The molecule has 0 bridgehead atoms. The first-order valence-corrected chi connectivity index (χ1v) is 4.90. The lowest BCUT2D eigenvalue weighted by Crippen LogP contribution is -2.16. The fourth-order valence-electron chi connectivity index (χ4n) is 1.18. The molecule has 0 aromatic heterocycles. The number of rotatable bonds is 4. The highest BCUT2D eigenvalue weighted by Gasteiger charge is 2.12. The summed E-state index contributed by atoms with van der Waals surface area (Å²) in [5.74, 6) is -1.01. The molecule has 102 valence electrons. The average Bonchev–Trinajstić information content (AvgIpc) is 2.39. The monoisotopic (exact) mass is 268 g/mol. The molecule has 0 saturated carbocycles. The maximum absolute atomic E-state index is 11.5. The van der Waals surface area contributed by atoms with Gasteiger partial charge >= 0.3 is 6.09 Å². The van der Waals surface area contributed by atoms with Gasteiger partial charge in [-0.05, 0) is 6.07 Å². The van der Waals surface area contributed by atoms with Crippen molar-refractivity contribution in [3.05, 3.63) is 27.8 Å². The first-order valence-electron chi connectivity index (χ1n) is 4.90. The fraction of sp³-hybridized carbons (Fsp3) is 0.200. The number of nitro groups is 1. The number of nitrogens with zero attached hydrogens (tertiary/aromatic N) is 2. The lowest BCUT2D eigenvalue weighted by Gasteiger charge is -2.12. The summed E-state index contributed by atoms with van der Waals surface area (Å²) in [5, 5.41) is 25.7. The summed E-state index contributed by atoms with van der Waals surface area (Å²) in [6.45, 7) is 0. The smallest absolute Gasteiger partial charge is 0.427 e. The minimum Gasteiger partial charge on any atom is -0.865 e. The number of carbonyl (C=O) groups excluding carboxylic acids is 1. The van der Waals surface area contributed by atoms with E-state index in [1.165, 1.54) is 13.2 Å². The van der Waals surface area contributed by atoms with Crippen LogP contribution in [0, 0.1) is 10.1 Å². The maximum Gasteiger partial charge on any atom is 0.427 e. The summed E-state index contributed by atoms with van der Waals surface area (Å²) < 4.78 is 9.00. The Morgan fingerprint density at radius 2 is 2.16 bits per heavy atom. The number of hydrogen-bond donors (Lipinski definition) is 1. The van der Waals surface area contributed by atoms with Gasteiger partial charge in [-0.3, -0.25) is 10.1 Å². The first kappa shape index (κ1) is 14.2. The van der Waals surface area contributed by atoms with E-state index in [-0.39, 0.29) is 11.3 Å². The Bertz CT molecular complexity index is 528. The first-order chi connectivity index (χ1) is 8.99. The van der Waals surface area contributed by atoms with Crippen molar-refractivity contribution in [1.29, 1.82) is 0 Å². The third kappa shape index (κ3) is 3.56. The van der Waals surface area contributed by atoms with E-state index in [0.717, 1.165) is 19.4 Å². The van der Waals surface area contributed by atoms with E-state index in [1.54, 1.807) is 0 Å². The van der Waals surface area contributed by atoms with Crippen molar-refractivity contribution >= 4 is 18.0 Å². The van der Waals surface area contributed by atoms with Crippen LogP contribution in [0.3, 0.4) is 0 Å². The number of methoxy groups -OCH3 is 2. The largest absolute Gasteiger partial charge is 0.865 e. The van der Waals surface area contributed by atoms with E-state index in [9.17, 15) is 20.0 Å². The second-order valence-corrected chi connectivity index (χ2v) is 3.19. The minimum atomic E-state index is -0.828. The van der Waals surface area contributed by atoms with E-state index in [0.29, 0.717) is 0 Å². The Morgan fingerprint density at radius 1 is 1.47 bits per heavy atom. The Hall–Kier alpha value is -2.84. The molecule has 0 unspecified atom stereocenters. The van der Waals surface area contributed by atoms with Crippen LogP contribution in [0.25, 0.3) is 0 Å². The van der Waals surface area contributed by atoms with Gasteiger partial charge < -0.3 is 14.6 Å². The number of nitro benzene ring substituents is 1. The normalized spacial score (nSPS) is 10.2. The van der Waals surface area contributed by atoms with Crippen LogP contribution in [0.5, 0.6) is 11.5 Å². The van der Waals surface area contributed by atoms with Gasteiger partial charge in [-0.1, -0.05) is 0 Å². The highest BCUT2D eigenvalue weighted by molar-refractivity contribution is 5.83. The van der Waals surface area contributed by atoms with Crippen LogP contribution in [-0.2, 0) is 4.74 Å². The average molecular weight is 268 g/mol. The number of carbonyl (C=O) groups is 1. The molecule has 0 aliphatic rings. The number of ether oxygens (including phenoxy) is 2. The summed E-state index contributed by atoms with van der Waals surface area (Å²) in [7, 11) is 2.37. The molecule has 0 aliphatic carbocycles. The van der Waals surface area contributed by atoms with Crippen LogP contribution >= 0.6 is 0 Å². The minimum absolute atomic E-state index is 0.186. The van der Waals surface area contributed by atoms with Gasteiger partial charge in [0, 0.05) is 17.4 Å². The van der Waals surface area contributed by atoms with Crippen LogP contribution in [0.15, 0.2) is 17.2 Å². The van der Waals surface area contributed by atoms with Gasteiger partial charge in [0.25, 0.3) is 5.69 Å². The summed E-state index contributed by atoms with van der Waals surface area (Å²) >= 11 is 0. The van der Waals surface area contributed by atoms with Gasteiger partial charge in [-0.15, -0.1) is 0 Å². The van der Waals surface area contributed by atoms with Crippen LogP contribution in [0.4, 0.5) is 10.5 Å². The highest BCUT2D eigenvalue weighted by Crippen LogP contribution is 2.33. The van der Waals surface area contributed by atoms with Crippen molar-refractivity contribution < 1.29 is 24.3 Å². The Labute approximate surface area is 107 Å². The molecule has 9 nitrogen and oxygen atoms in total. The quantitative estimate of drug-likeness (QED) is 0.477. The highest BCUT2D eigenvalue weighted by atomic mass is 16.6. The Morgan fingerprint density at radius 3 is 2.68 bits per heavy atom. The standard InChI is InChI=1S/C10H11N3O6/c1-18-8-4-6(5-11-12-10(15)19-2)3-7(9(8)14)13(16)17/h3-5,14H,1-2H3,(H,12,15)/p-1/b11-5-. The molecule has 1 N–H and O–H groups in total. The zero-order chi connectivity index (χ0) is 14.4. The molecule has 0 fully saturated rings. The zero-order valence-corrected chi connectivity index (χ0v) is 10.1. The third-order valence-electron chi connectivity index (χ3n) is 2.03. The molecule has 0 aliphatic heterocycles. The van der Waals surface area contributed by atoms with Crippen molar-refractivity contribution in [2.45, 2.75) is 0 Å². The van der Waals surface area contributed by atoms with Crippen LogP contribution in [0.1, 0.15) is 5.56 Å². The van der Waals surface area contributed by atoms with Crippen LogP contribution in [-0.4, -0.2) is 31.5 Å². The fourth-order valence-corrected chi connectivity index (χ4v) is 1.18.